The van der Waals surface area contributed by atoms with Crippen molar-refractivity contribution in [3.63, 3.8) is 0 Å². The van der Waals surface area contributed by atoms with Gasteiger partial charge in [0, 0.05) is 19.4 Å². The third-order valence-corrected chi connectivity index (χ3v) is 2.61. The lowest BCUT2D eigenvalue weighted by molar-refractivity contribution is -0.137. The Morgan fingerprint density at radius 3 is 2.58 bits per heavy atom. The Bertz CT molecular complexity index is 631. The molecule has 19 heavy (non-hydrogen) atoms. The van der Waals surface area contributed by atoms with Crippen molar-refractivity contribution in [2.24, 2.45) is 7.05 Å². The van der Waals surface area contributed by atoms with E-state index in [2.05, 4.69) is 10.1 Å². The second-order valence-electron chi connectivity index (χ2n) is 4.04. The summed E-state index contributed by atoms with van der Waals surface area (Å²) in [5, 5.41) is 3.94. The van der Waals surface area contributed by atoms with Crippen LogP contribution in [0.3, 0.4) is 0 Å². The second kappa shape index (κ2) is 4.49. The van der Waals surface area contributed by atoms with Crippen LogP contribution in [0.15, 0.2) is 24.5 Å². The van der Waals surface area contributed by atoms with Gasteiger partial charge in [0.25, 0.3) is 0 Å². The van der Waals surface area contributed by atoms with Gasteiger partial charge in [-0.05, 0) is 19.1 Å². The Labute approximate surface area is 106 Å². The molecule has 0 aromatic carbocycles. The monoisotopic (exact) mass is 269 g/mol. The lowest BCUT2D eigenvalue weighted by Gasteiger charge is -2.11. The molecule has 0 aliphatic heterocycles. The van der Waals surface area contributed by atoms with Crippen LogP contribution in [0.25, 0.3) is 0 Å². The van der Waals surface area contributed by atoms with Gasteiger partial charge in [-0.3, -0.25) is 14.5 Å². The van der Waals surface area contributed by atoms with Gasteiger partial charge in [0.2, 0.25) is 5.78 Å². The molecule has 2 aromatic rings. The van der Waals surface area contributed by atoms with Crippen molar-refractivity contribution < 1.29 is 18.0 Å². The molecule has 0 spiro atoms. The number of carbonyl (C=O) groups excluding carboxylic acids is 1. The third-order valence-electron chi connectivity index (χ3n) is 2.61. The normalized spacial score (nSPS) is 11.6. The molecule has 7 heteroatoms. The summed E-state index contributed by atoms with van der Waals surface area (Å²) in [4.78, 5) is 15.7. The summed E-state index contributed by atoms with van der Waals surface area (Å²) in [6, 6.07) is 2.23. The largest absolute Gasteiger partial charge is 0.417 e. The minimum atomic E-state index is -4.60. The number of alkyl halides is 3. The molecule has 0 N–H and O–H groups in total. The van der Waals surface area contributed by atoms with Crippen LogP contribution in [0, 0.1) is 6.92 Å². The van der Waals surface area contributed by atoms with Crippen LogP contribution in [-0.4, -0.2) is 20.5 Å². The van der Waals surface area contributed by atoms with Crippen LogP contribution in [-0.2, 0) is 13.2 Å². The van der Waals surface area contributed by atoms with Crippen LogP contribution in [0.4, 0.5) is 13.2 Å². The van der Waals surface area contributed by atoms with Gasteiger partial charge in [-0.1, -0.05) is 0 Å². The number of hydrogen-bond acceptors (Lipinski definition) is 3. The molecule has 0 aliphatic carbocycles. The molecule has 0 saturated carbocycles. The first-order valence-electron chi connectivity index (χ1n) is 5.37. The molecule has 2 aromatic heterocycles. The highest BCUT2D eigenvalue weighted by molar-refractivity contribution is 6.08. The number of carbonyl (C=O) groups is 1. The number of hydrogen-bond donors (Lipinski definition) is 0. The Hall–Kier alpha value is -2.18. The highest BCUT2D eigenvalue weighted by Gasteiger charge is 2.35. The highest BCUT2D eigenvalue weighted by atomic mass is 19.4. The summed E-state index contributed by atoms with van der Waals surface area (Å²) < 4.78 is 39.7. The zero-order valence-corrected chi connectivity index (χ0v) is 10.2. The van der Waals surface area contributed by atoms with Crippen LogP contribution >= 0.6 is 0 Å². The van der Waals surface area contributed by atoms with Gasteiger partial charge in [-0.15, -0.1) is 0 Å². The second-order valence-corrected chi connectivity index (χ2v) is 4.04. The topological polar surface area (TPSA) is 47.8 Å². The summed E-state index contributed by atoms with van der Waals surface area (Å²) in [6.45, 7) is 1.66. The van der Waals surface area contributed by atoms with Gasteiger partial charge >= 0.3 is 6.18 Å². The van der Waals surface area contributed by atoms with E-state index in [-0.39, 0.29) is 5.69 Å². The molecule has 0 unspecified atom stereocenters. The minimum Gasteiger partial charge on any atom is -0.287 e. The van der Waals surface area contributed by atoms with E-state index in [1.165, 1.54) is 17.8 Å². The number of aromatic nitrogens is 3. The molecule has 2 heterocycles. The van der Waals surface area contributed by atoms with Gasteiger partial charge in [-0.2, -0.15) is 18.3 Å². The number of nitrogens with zero attached hydrogens (tertiary/aromatic N) is 3. The predicted octanol–water partition coefficient (Wildman–Crippen LogP) is 2.37. The van der Waals surface area contributed by atoms with E-state index in [0.29, 0.717) is 5.69 Å². The van der Waals surface area contributed by atoms with Crippen molar-refractivity contribution >= 4 is 5.78 Å². The van der Waals surface area contributed by atoms with Gasteiger partial charge in [0.05, 0.1) is 16.8 Å². The van der Waals surface area contributed by atoms with E-state index in [1.54, 1.807) is 6.92 Å². The van der Waals surface area contributed by atoms with Gasteiger partial charge < -0.3 is 0 Å². The van der Waals surface area contributed by atoms with Gasteiger partial charge in [-0.25, -0.2) is 0 Å². The predicted molar refractivity (Wildman–Crippen MR) is 60.6 cm³/mol. The summed E-state index contributed by atoms with van der Waals surface area (Å²) in [7, 11) is 1.50. The van der Waals surface area contributed by atoms with E-state index in [4.69, 9.17) is 0 Å². The minimum absolute atomic E-state index is 0.0935. The third kappa shape index (κ3) is 2.49. The molecule has 4 nitrogen and oxygen atoms in total. The maximum Gasteiger partial charge on any atom is 0.417 e. The molecule has 0 aliphatic rings. The fraction of sp³-hybridized carbons (Fsp3) is 0.250. The molecular formula is C12H10F3N3O. The molecule has 0 amide bonds. The Morgan fingerprint density at radius 1 is 1.37 bits per heavy atom. The zero-order chi connectivity index (χ0) is 14.2. The smallest absolute Gasteiger partial charge is 0.287 e. The van der Waals surface area contributed by atoms with E-state index >= 15 is 0 Å². The first kappa shape index (κ1) is 13.3. The fourth-order valence-corrected chi connectivity index (χ4v) is 1.78. The average molecular weight is 269 g/mol. The molecule has 0 radical (unpaired) electrons. The maximum atomic E-state index is 12.8. The molecule has 0 atom stereocenters. The van der Waals surface area contributed by atoms with Gasteiger partial charge in [0.15, 0.2) is 0 Å². The van der Waals surface area contributed by atoms with Crippen molar-refractivity contribution in [3.05, 3.63) is 47.0 Å². The summed E-state index contributed by atoms with van der Waals surface area (Å²) in [5.41, 5.74) is -0.816. The van der Waals surface area contributed by atoms with Crippen molar-refractivity contribution in [2.45, 2.75) is 13.1 Å². The number of ketones is 1. The Kier molecular flexibility index (Phi) is 3.13. The SMILES string of the molecule is Cc1cc(C(=O)c2cnccc2C(F)(F)F)n(C)n1. The van der Waals surface area contributed by atoms with Crippen molar-refractivity contribution in [2.75, 3.05) is 0 Å². The number of rotatable bonds is 2. The maximum absolute atomic E-state index is 12.8. The van der Waals surface area contributed by atoms with E-state index in [1.807, 2.05) is 0 Å². The molecule has 0 saturated heterocycles. The average Bonchev–Trinajstić information content (AvgIpc) is 2.66. The van der Waals surface area contributed by atoms with Crippen molar-refractivity contribution in [3.8, 4) is 0 Å². The van der Waals surface area contributed by atoms with E-state index in [9.17, 15) is 18.0 Å². The van der Waals surface area contributed by atoms with Crippen LogP contribution in [0.5, 0.6) is 0 Å². The molecular weight excluding hydrogens is 259 g/mol. The van der Waals surface area contributed by atoms with Crippen molar-refractivity contribution in [1.29, 1.82) is 0 Å². The van der Waals surface area contributed by atoms with E-state index < -0.39 is 23.1 Å². The molecule has 0 fully saturated rings. The number of pyridine rings is 1. The lowest BCUT2D eigenvalue weighted by atomic mass is 10.0. The Morgan fingerprint density at radius 2 is 2.05 bits per heavy atom. The fourth-order valence-electron chi connectivity index (χ4n) is 1.78. The highest BCUT2D eigenvalue weighted by Crippen LogP contribution is 2.32. The number of aryl methyl sites for hydroxylation is 2. The number of halogens is 3. The first-order valence-corrected chi connectivity index (χ1v) is 5.37. The molecule has 0 bridgehead atoms. The van der Waals surface area contributed by atoms with Gasteiger partial charge in [0.1, 0.15) is 5.69 Å². The van der Waals surface area contributed by atoms with E-state index in [0.717, 1.165) is 18.5 Å². The molecule has 2 rings (SSSR count). The quantitative estimate of drug-likeness (QED) is 0.786. The molecule has 100 valence electrons. The van der Waals surface area contributed by atoms with Crippen molar-refractivity contribution in [1.82, 2.24) is 14.8 Å². The van der Waals surface area contributed by atoms with Crippen LogP contribution < -0.4 is 0 Å². The Balaban J connectivity index is 2.54. The summed E-state index contributed by atoms with van der Waals surface area (Å²) >= 11 is 0. The first-order chi connectivity index (χ1) is 8.80. The van der Waals surface area contributed by atoms with Crippen LogP contribution in [0.2, 0.25) is 0 Å². The lowest BCUT2D eigenvalue weighted by Crippen LogP contribution is -2.16. The summed E-state index contributed by atoms with van der Waals surface area (Å²) in [6.07, 6.45) is -2.66. The zero-order valence-electron chi connectivity index (χ0n) is 10.2. The summed E-state index contributed by atoms with van der Waals surface area (Å²) in [5.74, 6) is -0.747. The standard InChI is InChI=1S/C12H10F3N3O/c1-7-5-10(18(2)17-7)11(19)8-6-16-4-3-9(8)12(13,14)15/h3-6H,1-2H3. The van der Waals surface area contributed by atoms with Crippen LogP contribution in [0.1, 0.15) is 27.3 Å².